The van der Waals surface area contributed by atoms with E-state index >= 15 is 0 Å². The lowest BCUT2D eigenvalue weighted by Gasteiger charge is -2.21. The Bertz CT molecular complexity index is 1120. The molecule has 0 aliphatic rings. The molecule has 0 aromatic heterocycles. The zero-order valence-electron chi connectivity index (χ0n) is 17.9. The third-order valence-electron chi connectivity index (χ3n) is 4.65. The van der Waals surface area contributed by atoms with Gasteiger partial charge < -0.3 is 9.64 Å². The van der Waals surface area contributed by atoms with Crippen LogP contribution < -0.4 is 9.64 Å². The molecule has 0 atom stereocenters. The molecule has 8 heteroatoms. The fourth-order valence-corrected chi connectivity index (χ4v) is 3.10. The van der Waals surface area contributed by atoms with Gasteiger partial charge in [0.1, 0.15) is 11.4 Å². The maximum absolute atomic E-state index is 8.78. The first-order chi connectivity index (χ1) is 15.6. The summed E-state index contributed by atoms with van der Waals surface area (Å²) in [6, 6.07) is 22.5. The Labute approximate surface area is 192 Å². The van der Waals surface area contributed by atoms with Gasteiger partial charge >= 0.3 is 0 Å². The second-order valence-electron chi connectivity index (χ2n) is 6.74. The Balaban J connectivity index is 1.62. The maximum atomic E-state index is 8.78. The van der Waals surface area contributed by atoms with Crippen molar-refractivity contribution < 1.29 is 4.74 Å². The molecule has 0 spiro atoms. The van der Waals surface area contributed by atoms with Crippen LogP contribution in [0.2, 0.25) is 5.02 Å². The van der Waals surface area contributed by atoms with Crippen molar-refractivity contribution in [1.29, 1.82) is 5.26 Å². The highest BCUT2D eigenvalue weighted by Gasteiger charge is 2.04. The number of nitriles is 1. The number of nitrogens with zero attached hydrogens (tertiary/aromatic N) is 6. The summed E-state index contributed by atoms with van der Waals surface area (Å²) in [5.74, 6) is 0.667. The van der Waals surface area contributed by atoms with E-state index in [4.69, 9.17) is 21.6 Å². The van der Waals surface area contributed by atoms with Gasteiger partial charge in [0.05, 0.1) is 41.7 Å². The van der Waals surface area contributed by atoms with E-state index in [2.05, 4.69) is 38.3 Å². The Morgan fingerprint density at radius 1 is 0.875 bits per heavy atom. The summed E-state index contributed by atoms with van der Waals surface area (Å²) in [5, 5.41) is 26.2. The topological polar surface area (TPSA) is 85.7 Å². The third kappa shape index (κ3) is 6.37. The summed E-state index contributed by atoms with van der Waals surface area (Å²) in [6.07, 6.45) is 0.498. The molecule has 0 heterocycles. The number of methoxy groups -OCH3 is 1. The Hall–Kier alpha value is -3.76. The lowest BCUT2D eigenvalue weighted by Crippen LogP contribution is -2.23. The summed E-state index contributed by atoms with van der Waals surface area (Å²) in [7, 11) is 1.58. The van der Waals surface area contributed by atoms with Crippen LogP contribution in [0.3, 0.4) is 0 Å². The number of hydrogen-bond donors (Lipinski definition) is 0. The molecule has 0 saturated carbocycles. The molecule has 0 saturated heterocycles. The second kappa shape index (κ2) is 11.6. The first kappa shape index (κ1) is 22.9. The molecule has 0 aliphatic carbocycles. The van der Waals surface area contributed by atoms with Crippen molar-refractivity contribution in [3.63, 3.8) is 0 Å². The summed E-state index contributed by atoms with van der Waals surface area (Å²) in [4.78, 5) is 2.15. The van der Waals surface area contributed by atoms with Gasteiger partial charge in [-0.05, 0) is 67.6 Å². The monoisotopic (exact) mass is 446 g/mol. The molecule has 0 unspecified atom stereocenters. The molecule has 3 rings (SSSR count). The Morgan fingerprint density at radius 3 is 1.94 bits per heavy atom. The zero-order valence-corrected chi connectivity index (χ0v) is 18.7. The van der Waals surface area contributed by atoms with E-state index in [1.807, 2.05) is 48.5 Å². The van der Waals surface area contributed by atoms with Crippen molar-refractivity contribution in [1.82, 2.24) is 0 Å². The van der Waals surface area contributed by atoms with Crippen LogP contribution in [0, 0.1) is 11.3 Å². The number of hydrogen-bond acceptors (Lipinski definition) is 7. The molecule has 0 amide bonds. The van der Waals surface area contributed by atoms with E-state index in [1.165, 1.54) is 0 Å². The van der Waals surface area contributed by atoms with Crippen molar-refractivity contribution in [2.24, 2.45) is 20.5 Å². The first-order valence-electron chi connectivity index (χ1n) is 10.1. The third-order valence-corrected chi connectivity index (χ3v) is 4.95. The summed E-state index contributed by atoms with van der Waals surface area (Å²) >= 11 is 6.18. The average molecular weight is 447 g/mol. The van der Waals surface area contributed by atoms with Gasteiger partial charge in [0.15, 0.2) is 0 Å². The molecule has 0 aliphatic heterocycles. The van der Waals surface area contributed by atoms with Gasteiger partial charge in [-0.1, -0.05) is 11.6 Å². The highest BCUT2D eigenvalue weighted by atomic mass is 35.5. The molecule has 0 radical (unpaired) electrons. The van der Waals surface area contributed by atoms with Crippen molar-refractivity contribution in [2.75, 3.05) is 25.1 Å². The molecule has 3 aromatic rings. The van der Waals surface area contributed by atoms with Gasteiger partial charge in [0.25, 0.3) is 0 Å². The van der Waals surface area contributed by atoms with Gasteiger partial charge in [0, 0.05) is 24.8 Å². The predicted molar refractivity (Wildman–Crippen MR) is 127 cm³/mol. The fraction of sp³-hybridized carbons (Fsp3) is 0.208. The standard InChI is InChI=1S/C24H23ClN6O/c1-3-31(16-4-15-26)21-11-9-20(10-12-21)28-27-18-5-7-19(8-6-18)29-30-24-14-13-22(32-2)17-23(24)25/h5-14,17H,3-4,16H2,1-2H3. The number of anilines is 1. The average Bonchev–Trinajstić information content (AvgIpc) is 2.83. The lowest BCUT2D eigenvalue weighted by atomic mass is 10.2. The number of halogens is 1. The van der Waals surface area contributed by atoms with E-state index in [9.17, 15) is 0 Å². The van der Waals surface area contributed by atoms with Crippen LogP contribution in [-0.2, 0) is 0 Å². The number of benzene rings is 3. The molecule has 0 bridgehead atoms. The smallest absolute Gasteiger partial charge is 0.120 e. The summed E-state index contributed by atoms with van der Waals surface area (Å²) < 4.78 is 5.13. The largest absolute Gasteiger partial charge is 0.497 e. The molecule has 162 valence electrons. The van der Waals surface area contributed by atoms with Crippen LogP contribution in [0.5, 0.6) is 5.75 Å². The lowest BCUT2D eigenvalue weighted by molar-refractivity contribution is 0.415. The van der Waals surface area contributed by atoms with E-state index in [1.54, 1.807) is 25.3 Å². The van der Waals surface area contributed by atoms with Crippen LogP contribution in [0.25, 0.3) is 0 Å². The minimum Gasteiger partial charge on any atom is -0.497 e. The fourth-order valence-electron chi connectivity index (χ4n) is 2.89. The molecule has 0 N–H and O–H groups in total. The highest BCUT2D eigenvalue weighted by Crippen LogP contribution is 2.31. The number of ether oxygens (including phenoxy) is 1. The normalized spacial score (nSPS) is 11.1. The molecule has 3 aromatic carbocycles. The van der Waals surface area contributed by atoms with Crippen molar-refractivity contribution in [3.05, 3.63) is 71.8 Å². The molecular formula is C24H23ClN6O. The number of azo groups is 2. The van der Waals surface area contributed by atoms with Crippen molar-refractivity contribution in [2.45, 2.75) is 13.3 Å². The minimum atomic E-state index is 0.469. The summed E-state index contributed by atoms with van der Waals surface area (Å²) in [5.41, 5.74) is 3.77. The van der Waals surface area contributed by atoms with Gasteiger partial charge in [0.2, 0.25) is 0 Å². The van der Waals surface area contributed by atoms with E-state index in [0.717, 1.165) is 17.9 Å². The summed E-state index contributed by atoms with van der Waals surface area (Å²) in [6.45, 7) is 3.62. The van der Waals surface area contributed by atoms with Crippen LogP contribution in [-0.4, -0.2) is 20.2 Å². The van der Waals surface area contributed by atoms with Gasteiger partial charge in [-0.3, -0.25) is 0 Å². The van der Waals surface area contributed by atoms with Crippen LogP contribution in [0.1, 0.15) is 13.3 Å². The van der Waals surface area contributed by atoms with Crippen molar-refractivity contribution in [3.8, 4) is 11.8 Å². The molecule has 7 nitrogen and oxygen atoms in total. The Kier molecular flexibility index (Phi) is 8.29. The first-order valence-corrected chi connectivity index (χ1v) is 10.5. The molecule has 0 fully saturated rings. The minimum absolute atomic E-state index is 0.469. The Morgan fingerprint density at radius 2 is 1.44 bits per heavy atom. The maximum Gasteiger partial charge on any atom is 0.120 e. The highest BCUT2D eigenvalue weighted by molar-refractivity contribution is 6.33. The number of rotatable bonds is 9. The van der Waals surface area contributed by atoms with Gasteiger partial charge in [-0.25, -0.2) is 0 Å². The van der Waals surface area contributed by atoms with Gasteiger partial charge in [-0.2, -0.15) is 20.6 Å². The van der Waals surface area contributed by atoms with Crippen molar-refractivity contribution >= 4 is 40.0 Å². The van der Waals surface area contributed by atoms with Gasteiger partial charge in [-0.15, -0.1) is 5.11 Å². The quantitative estimate of drug-likeness (QED) is 0.313. The van der Waals surface area contributed by atoms with E-state index < -0.39 is 0 Å². The predicted octanol–water partition coefficient (Wildman–Crippen LogP) is 7.92. The molecule has 32 heavy (non-hydrogen) atoms. The van der Waals surface area contributed by atoms with Crippen LogP contribution >= 0.6 is 11.6 Å². The zero-order chi connectivity index (χ0) is 22.8. The van der Waals surface area contributed by atoms with Crippen LogP contribution in [0.4, 0.5) is 28.4 Å². The van der Waals surface area contributed by atoms with E-state index in [-0.39, 0.29) is 0 Å². The van der Waals surface area contributed by atoms with E-state index in [0.29, 0.717) is 40.8 Å². The molecular weight excluding hydrogens is 424 g/mol. The SMILES string of the molecule is CCN(CCC#N)c1ccc(N=Nc2ccc(N=Nc3ccc(OC)cc3Cl)cc2)cc1. The second-order valence-corrected chi connectivity index (χ2v) is 7.15. The van der Waals surface area contributed by atoms with Crippen LogP contribution in [0.15, 0.2) is 87.2 Å².